The van der Waals surface area contributed by atoms with Gasteiger partial charge in [0.15, 0.2) is 0 Å². The molecule has 1 saturated heterocycles. The summed E-state index contributed by atoms with van der Waals surface area (Å²) in [5.41, 5.74) is 1.12. The number of carbonyl (C=O) groups excluding carboxylic acids is 1. The zero-order chi connectivity index (χ0) is 17.5. The summed E-state index contributed by atoms with van der Waals surface area (Å²) >= 11 is 0. The van der Waals surface area contributed by atoms with E-state index in [0.717, 1.165) is 13.1 Å². The van der Waals surface area contributed by atoms with Crippen LogP contribution in [0.4, 0.5) is 0 Å². The third-order valence-electron chi connectivity index (χ3n) is 4.58. The highest BCUT2D eigenvalue weighted by molar-refractivity contribution is 5.94. The molecule has 1 heterocycles. The molecule has 24 heavy (non-hydrogen) atoms. The molecular formula is C18H25N3O3. The summed E-state index contributed by atoms with van der Waals surface area (Å²) in [7, 11) is 3.70. The lowest BCUT2D eigenvalue weighted by Gasteiger charge is -2.23. The lowest BCUT2D eigenvalue weighted by atomic mass is 9.96. The van der Waals surface area contributed by atoms with Gasteiger partial charge in [-0.15, -0.1) is 0 Å². The fourth-order valence-electron chi connectivity index (χ4n) is 3.13. The molecule has 2 unspecified atom stereocenters. The van der Waals surface area contributed by atoms with E-state index in [1.54, 1.807) is 36.3 Å². The van der Waals surface area contributed by atoms with Gasteiger partial charge in [-0.2, -0.15) is 5.26 Å². The van der Waals surface area contributed by atoms with Crippen molar-refractivity contribution in [2.75, 3.05) is 53.6 Å². The highest BCUT2D eigenvalue weighted by atomic mass is 16.5. The zero-order valence-electron chi connectivity index (χ0n) is 14.3. The molecule has 1 aliphatic heterocycles. The van der Waals surface area contributed by atoms with Crippen LogP contribution in [-0.2, 0) is 4.74 Å². The van der Waals surface area contributed by atoms with Gasteiger partial charge in [-0.25, -0.2) is 0 Å². The number of hydrogen-bond acceptors (Lipinski definition) is 5. The van der Waals surface area contributed by atoms with E-state index >= 15 is 0 Å². The first-order valence-electron chi connectivity index (χ1n) is 8.16. The van der Waals surface area contributed by atoms with Crippen LogP contribution in [0.3, 0.4) is 0 Å². The zero-order valence-corrected chi connectivity index (χ0v) is 14.3. The van der Waals surface area contributed by atoms with Crippen LogP contribution < -0.4 is 0 Å². The standard InChI is InChI=1S/C18H25N3O3/c1-20(7-8-24-2)10-16-11-21(12-17(16)13-22)18(23)15-5-3-14(9-19)4-6-15/h3-6,16-17,22H,7-8,10-13H2,1-2H3. The van der Waals surface area contributed by atoms with Crippen molar-refractivity contribution in [2.45, 2.75) is 0 Å². The lowest BCUT2D eigenvalue weighted by Crippen LogP contribution is -2.33. The number of likely N-dealkylation sites (tertiary alicyclic amines) is 1. The Balaban J connectivity index is 1.99. The third-order valence-corrected chi connectivity index (χ3v) is 4.58. The summed E-state index contributed by atoms with van der Waals surface area (Å²) in [4.78, 5) is 16.6. The Hall–Kier alpha value is -1.94. The normalized spacial score (nSPS) is 20.4. The predicted octanol–water partition coefficient (Wildman–Crippen LogP) is 0.817. The molecule has 1 aliphatic rings. The van der Waals surface area contributed by atoms with E-state index in [0.29, 0.717) is 30.8 Å². The summed E-state index contributed by atoms with van der Waals surface area (Å²) < 4.78 is 5.09. The van der Waals surface area contributed by atoms with Crippen LogP contribution >= 0.6 is 0 Å². The maximum absolute atomic E-state index is 12.6. The number of hydrogen-bond donors (Lipinski definition) is 1. The number of rotatable bonds is 7. The van der Waals surface area contributed by atoms with Gasteiger partial charge in [-0.1, -0.05) is 0 Å². The third kappa shape index (κ3) is 4.54. The van der Waals surface area contributed by atoms with Gasteiger partial charge in [0.1, 0.15) is 0 Å². The first-order chi connectivity index (χ1) is 11.6. The van der Waals surface area contributed by atoms with Crippen LogP contribution in [0, 0.1) is 23.2 Å². The number of nitriles is 1. The van der Waals surface area contributed by atoms with E-state index in [-0.39, 0.29) is 24.3 Å². The number of nitrogens with zero attached hydrogens (tertiary/aromatic N) is 3. The number of aliphatic hydroxyl groups is 1. The summed E-state index contributed by atoms with van der Waals surface area (Å²) in [5.74, 6) is 0.302. The smallest absolute Gasteiger partial charge is 0.253 e. The van der Waals surface area contributed by atoms with Gasteiger partial charge < -0.3 is 19.6 Å². The Bertz CT molecular complexity index is 582. The molecule has 0 aliphatic carbocycles. The topological polar surface area (TPSA) is 76.8 Å². The van der Waals surface area contributed by atoms with Gasteiger partial charge >= 0.3 is 0 Å². The van der Waals surface area contributed by atoms with Crippen molar-refractivity contribution in [3.8, 4) is 6.07 Å². The predicted molar refractivity (Wildman–Crippen MR) is 90.5 cm³/mol. The first kappa shape index (κ1) is 18.4. The molecule has 1 amide bonds. The Morgan fingerprint density at radius 1 is 1.38 bits per heavy atom. The Morgan fingerprint density at radius 2 is 2.04 bits per heavy atom. The number of benzene rings is 1. The highest BCUT2D eigenvalue weighted by Gasteiger charge is 2.35. The van der Waals surface area contributed by atoms with Crippen molar-refractivity contribution >= 4 is 5.91 Å². The molecule has 1 fully saturated rings. The van der Waals surface area contributed by atoms with Crippen molar-refractivity contribution in [3.05, 3.63) is 35.4 Å². The van der Waals surface area contributed by atoms with Crippen LogP contribution in [-0.4, -0.2) is 74.4 Å². The van der Waals surface area contributed by atoms with Gasteiger partial charge in [0, 0.05) is 51.4 Å². The van der Waals surface area contributed by atoms with Gasteiger partial charge in [-0.05, 0) is 37.2 Å². The van der Waals surface area contributed by atoms with Crippen molar-refractivity contribution < 1.29 is 14.6 Å². The van der Waals surface area contributed by atoms with Crippen LogP contribution in [0.15, 0.2) is 24.3 Å². The molecule has 2 atom stereocenters. The molecule has 0 aromatic heterocycles. The number of aliphatic hydroxyl groups excluding tert-OH is 1. The molecule has 6 heteroatoms. The Labute approximate surface area is 143 Å². The Morgan fingerprint density at radius 3 is 2.62 bits per heavy atom. The molecule has 6 nitrogen and oxygen atoms in total. The van der Waals surface area contributed by atoms with Crippen molar-refractivity contribution in [1.82, 2.24) is 9.80 Å². The second kappa shape index (κ2) is 8.78. The fourth-order valence-corrected chi connectivity index (χ4v) is 3.13. The number of methoxy groups -OCH3 is 1. The maximum Gasteiger partial charge on any atom is 0.253 e. The van der Waals surface area contributed by atoms with Gasteiger partial charge in [0.25, 0.3) is 5.91 Å². The Kier molecular flexibility index (Phi) is 6.73. The van der Waals surface area contributed by atoms with Crippen molar-refractivity contribution in [3.63, 3.8) is 0 Å². The second-order valence-electron chi connectivity index (χ2n) is 6.36. The molecule has 0 spiro atoms. The van der Waals surface area contributed by atoms with Crippen LogP contribution in [0.5, 0.6) is 0 Å². The van der Waals surface area contributed by atoms with E-state index in [9.17, 15) is 9.90 Å². The number of ether oxygens (including phenoxy) is 1. The first-order valence-corrected chi connectivity index (χ1v) is 8.16. The van der Waals surface area contributed by atoms with E-state index in [1.807, 2.05) is 7.05 Å². The lowest BCUT2D eigenvalue weighted by molar-refractivity contribution is 0.0778. The summed E-state index contributed by atoms with van der Waals surface area (Å²) in [6, 6.07) is 8.74. The molecule has 0 saturated carbocycles. The van der Waals surface area contributed by atoms with Crippen LogP contribution in [0.25, 0.3) is 0 Å². The van der Waals surface area contributed by atoms with E-state index < -0.39 is 0 Å². The largest absolute Gasteiger partial charge is 0.396 e. The van der Waals surface area contributed by atoms with E-state index in [2.05, 4.69) is 11.0 Å². The van der Waals surface area contributed by atoms with E-state index in [4.69, 9.17) is 10.00 Å². The molecule has 1 N–H and O–H groups in total. The van der Waals surface area contributed by atoms with E-state index in [1.165, 1.54) is 0 Å². The minimum atomic E-state index is -0.0417. The molecular weight excluding hydrogens is 306 g/mol. The molecule has 130 valence electrons. The summed E-state index contributed by atoms with van der Waals surface area (Å²) in [6.45, 7) is 3.61. The number of carbonyl (C=O) groups is 1. The van der Waals surface area contributed by atoms with Gasteiger partial charge in [0.05, 0.1) is 18.2 Å². The molecule has 1 aromatic carbocycles. The minimum absolute atomic E-state index is 0.0417. The van der Waals surface area contributed by atoms with Crippen LogP contribution in [0.1, 0.15) is 15.9 Å². The molecule has 0 radical (unpaired) electrons. The van der Waals surface area contributed by atoms with Crippen LogP contribution in [0.2, 0.25) is 0 Å². The molecule has 1 aromatic rings. The van der Waals surface area contributed by atoms with Gasteiger partial charge in [-0.3, -0.25) is 4.79 Å². The average molecular weight is 331 g/mol. The number of likely N-dealkylation sites (N-methyl/N-ethyl adjacent to an activating group) is 1. The average Bonchev–Trinajstić information content (AvgIpc) is 3.02. The second-order valence-corrected chi connectivity index (χ2v) is 6.36. The molecule has 0 bridgehead atoms. The summed E-state index contributed by atoms with van der Waals surface area (Å²) in [5, 5.41) is 18.5. The highest BCUT2D eigenvalue weighted by Crippen LogP contribution is 2.25. The maximum atomic E-state index is 12.6. The minimum Gasteiger partial charge on any atom is -0.396 e. The van der Waals surface area contributed by atoms with Crippen molar-refractivity contribution in [1.29, 1.82) is 5.26 Å². The number of amides is 1. The quantitative estimate of drug-likeness (QED) is 0.800. The SMILES string of the molecule is COCCN(C)CC1CN(C(=O)c2ccc(C#N)cc2)CC1CO. The fraction of sp³-hybridized carbons (Fsp3) is 0.556. The monoisotopic (exact) mass is 331 g/mol. The summed E-state index contributed by atoms with van der Waals surface area (Å²) in [6.07, 6.45) is 0. The van der Waals surface area contributed by atoms with Gasteiger partial charge in [0.2, 0.25) is 0 Å². The molecule has 2 rings (SSSR count). The van der Waals surface area contributed by atoms with Crippen molar-refractivity contribution in [2.24, 2.45) is 11.8 Å².